The number of nitrogens with one attached hydrogen (secondary N) is 2. The molecule has 0 amide bonds. The highest BCUT2D eigenvalue weighted by Crippen LogP contribution is 2.29. The Kier molecular flexibility index (Phi) is 7.16. The molecule has 172 valence electrons. The molecule has 2 N–H and O–H groups in total. The number of ketones is 1. The summed E-state index contributed by atoms with van der Waals surface area (Å²) in [5, 5.41) is 6.86. The predicted molar refractivity (Wildman–Crippen MR) is 125 cm³/mol. The molecule has 0 aliphatic carbocycles. The standard InChI is InChI=1S/C25H35N5O2/c1-17-4-5-20(14-28-17)23(31)11-21-10-19(6-8-27-21)22-15-26-16-24(30-22)29-13-18-7-9-32-25(2,3)12-18/h6,8,10,15-18,20,28H,4-5,7,9,11-14H2,1-3H3,(H,29,30)/t17-,18-,20-/m1/s1. The van der Waals surface area contributed by atoms with Crippen LogP contribution in [0.2, 0.25) is 0 Å². The van der Waals surface area contributed by atoms with Gasteiger partial charge in [0, 0.05) is 55.5 Å². The van der Waals surface area contributed by atoms with E-state index in [0.29, 0.717) is 18.4 Å². The summed E-state index contributed by atoms with van der Waals surface area (Å²) in [6, 6.07) is 4.39. The molecule has 2 saturated heterocycles. The maximum atomic E-state index is 12.7. The number of pyridine rings is 1. The molecule has 7 nitrogen and oxygen atoms in total. The molecule has 4 rings (SSSR count). The Morgan fingerprint density at radius 3 is 2.94 bits per heavy atom. The molecule has 4 heterocycles. The number of ether oxygens (including phenoxy) is 1. The van der Waals surface area contributed by atoms with Crippen molar-refractivity contribution >= 4 is 11.6 Å². The van der Waals surface area contributed by atoms with E-state index < -0.39 is 0 Å². The molecular formula is C25H35N5O2. The molecule has 0 saturated carbocycles. The molecule has 2 fully saturated rings. The number of hydrogen-bond donors (Lipinski definition) is 2. The SMILES string of the molecule is C[C@@H]1CC[C@@H](C(=O)Cc2cc(-c3cncc(NC[C@@H]4CCOC(C)(C)C4)n3)ccn2)CN1. The van der Waals surface area contributed by atoms with Crippen LogP contribution < -0.4 is 10.6 Å². The second-order valence-electron chi connectivity index (χ2n) is 9.90. The van der Waals surface area contributed by atoms with Crippen LogP contribution in [0.15, 0.2) is 30.7 Å². The van der Waals surface area contributed by atoms with Gasteiger partial charge in [-0.15, -0.1) is 0 Å². The quantitative estimate of drug-likeness (QED) is 0.683. The van der Waals surface area contributed by atoms with Gasteiger partial charge in [-0.1, -0.05) is 0 Å². The maximum Gasteiger partial charge on any atom is 0.145 e. The van der Waals surface area contributed by atoms with Gasteiger partial charge in [0.15, 0.2) is 0 Å². The Morgan fingerprint density at radius 1 is 1.28 bits per heavy atom. The smallest absolute Gasteiger partial charge is 0.145 e. The van der Waals surface area contributed by atoms with Crippen LogP contribution in [0.5, 0.6) is 0 Å². The van der Waals surface area contributed by atoms with Gasteiger partial charge in [-0.2, -0.15) is 0 Å². The zero-order chi connectivity index (χ0) is 22.6. The van der Waals surface area contributed by atoms with Crippen molar-refractivity contribution in [1.29, 1.82) is 0 Å². The van der Waals surface area contributed by atoms with E-state index in [4.69, 9.17) is 9.72 Å². The van der Waals surface area contributed by atoms with E-state index in [1.165, 1.54) is 0 Å². The van der Waals surface area contributed by atoms with Crippen LogP contribution in [0, 0.1) is 11.8 Å². The van der Waals surface area contributed by atoms with Gasteiger partial charge in [-0.25, -0.2) is 4.98 Å². The third kappa shape index (κ3) is 6.11. The Hall–Kier alpha value is -2.38. The monoisotopic (exact) mass is 437 g/mol. The number of carbonyl (C=O) groups is 1. The van der Waals surface area contributed by atoms with Crippen LogP contribution >= 0.6 is 0 Å². The summed E-state index contributed by atoms with van der Waals surface area (Å²) in [6.45, 7) is 8.89. The van der Waals surface area contributed by atoms with Crippen molar-refractivity contribution in [2.75, 3.05) is 25.0 Å². The minimum atomic E-state index is -0.0606. The molecule has 0 aromatic carbocycles. The van der Waals surface area contributed by atoms with Crippen LogP contribution in [0.4, 0.5) is 5.82 Å². The summed E-state index contributed by atoms with van der Waals surface area (Å²) in [7, 11) is 0. The highest BCUT2D eigenvalue weighted by atomic mass is 16.5. The van der Waals surface area contributed by atoms with Gasteiger partial charge in [0.25, 0.3) is 0 Å². The second kappa shape index (κ2) is 10.0. The molecule has 7 heteroatoms. The van der Waals surface area contributed by atoms with Crippen LogP contribution in [-0.4, -0.2) is 52.1 Å². The minimum Gasteiger partial charge on any atom is -0.376 e. The lowest BCUT2D eigenvalue weighted by atomic mass is 9.88. The van der Waals surface area contributed by atoms with E-state index in [1.54, 1.807) is 18.6 Å². The summed E-state index contributed by atoms with van der Waals surface area (Å²) in [6.07, 6.45) is 9.73. The van der Waals surface area contributed by atoms with Crippen molar-refractivity contribution in [3.05, 3.63) is 36.4 Å². The number of piperidine rings is 1. The first-order chi connectivity index (χ1) is 15.4. The van der Waals surface area contributed by atoms with Gasteiger partial charge in [0.1, 0.15) is 11.6 Å². The highest BCUT2D eigenvalue weighted by Gasteiger charge is 2.28. The van der Waals surface area contributed by atoms with Crippen molar-refractivity contribution in [2.45, 2.75) is 64.5 Å². The Balaban J connectivity index is 1.38. The van der Waals surface area contributed by atoms with Crippen molar-refractivity contribution < 1.29 is 9.53 Å². The van der Waals surface area contributed by atoms with E-state index in [9.17, 15) is 4.79 Å². The average Bonchev–Trinajstić information content (AvgIpc) is 2.78. The lowest BCUT2D eigenvalue weighted by Crippen LogP contribution is -2.40. The summed E-state index contributed by atoms with van der Waals surface area (Å²) in [5.41, 5.74) is 2.44. The van der Waals surface area contributed by atoms with E-state index in [1.807, 2.05) is 12.1 Å². The second-order valence-corrected chi connectivity index (χ2v) is 9.90. The Morgan fingerprint density at radius 2 is 2.16 bits per heavy atom. The number of anilines is 1. The number of aromatic nitrogens is 3. The molecule has 2 aromatic heterocycles. The van der Waals surface area contributed by atoms with Gasteiger partial charge in [0.2, 0.25) is 0 Å². The zero-order valence-electron chi connectivity index (χ0n) is 19.4. The lowest BCUT2D eigenvalue weighted by Gasteiger charge is -2.35. The van der Waals surface area contributed by atoms with Crippen LogP contribution in [0.3, 0.4) is 0 Å². The Bertz CT molecular complexity index is 924. The maximum absolute atomic E-state index is 12.7. The fourth-order valence-corrected chi connectivity index (χ4v) is 4.70. The van der Waals surface area contributed by atoms with E-state index in [2.05, 4.69) is 41.4 Å². The molecule has 0 spiro atoms. The number of carbonyl (C=O) groups excluding carboxylic acids is 1. The van der Waals surface area contributed by atoms with E-state index in [0.717, 1.165) is 68.1 Å². The van der Waals surface area contributed by atoms with Gasteiger partial charge in [0.05, 0.1) is 23.7 Å². The van der Waals surface area contributed by atoms with Crippen molar-refractivity contribution in [2.24, 2.45) is 11.8 Å². The fraction of sp³-hybridized carbons (Fsp3) is 0.600. The van der Waals surface area contributed by atoms with Crippen LogP contribution in [0.25, 0.3) is 11.3 Å². The van der Waals surface area contributed by atoms with Crippen LogP contribution in [0.1, 0.15) is 52.1 Å². The molecule has 3 atom stereocenters. The van der Waals surface area contributed by atoms with E-state index >= 15 is 0 Å². The first-order valence-corrected chi connectivity index (χ1v) is 11.8. The molecule has 2 aliphatic heterocycles. The molecule has 0 unspecified atom stereocenters. The number of hydrogen-bond acceptors (Lipinski definition) is 7. The summed E-state index contributed by atoms with van der Waals surface area (Å²) < 4.78 is 5.82. The summed E-state index contributed by atoms with van der Waals surface area (Å²) in [4.78, 5) is 26.3. The molecular weight excluding hydrogens is 402 g/mol. The average molecular weight is 438 g/mol. The molecule has 0 bridgehead atoms. The van der Waals surface area contributed by atoms with E-state index in [-0.39, 0.29) is 17.3 Å². The number of Topliss-reactive ketones (excluding diaryl/α,β-unsaturated/α-hetero) is 1. The Labute approximate surface area is 190 Å². The first-order valence-electron chi connectivity index (χ1n) is 11.8. The summed E-state index contributed by atoms with van der Waals surface area (Å²) in [5.74, 6) is 1.66. The predicted octanol–water partition coefficient (Wildman–Crippen LogP) is 3.66. The number of rotatable bonds is 7. The molecule has 32 heavy (non-hydrogen) atoms. The zero-order valence-corrected chi connectivity index (χ0v) is 19.4. The molecule has 2 aromatic rings. The van der Waals surface area contributed by atoms with Gasteiger partial charge < -0.3 is 15.4 Å². The van der Waals surface area contributed by atoms with Gasteiger partial charge >= 0.3 is 0 Å². The topological polar surface area (TPSA) is 89.0 Å². The first kappa shape index (κ1) is 22.8. The largest absolute Gasteiger partial charge is 0.376 e. The number of nitrogens with zero attached hydrogens (tertiary/aromatic N) is 3. The van der Waals surface area contributed by atoms with Crippen molar-refractivity contribution in [3.63, 3.8) is 0 Å². The van der Waals surface area contributed by atoms with Gasteiger partial charge in [-0.05, 0) is 64.5 Å². The van der Waals surface area contributed by atoms with Crippen molar-refractivity contribution in [3.8, 4) is 11.3 Å². The molecule has 2 aliphatic rings. The van der Waals surface area contributed by atoms with Crippen LogP contribution in [-0.2, 0) is 16.0 Å². The van der Waals surface area contributed by atoms with Crippen molar-refractivity contribution in [1.82, 2.24) is 20.3 Å². The molecule has 0 radical (unpaired) electrons. The minimum absolute atomic E-state index is 0.0606. The third-order valence-electron chi connectivity index (χ3n) is 6.59. The third-order valence-corrected chi connectivity index (χ3v) is 6.59. The fourth-order valence-electron chi connectivity index (χ4n) is 4.70. The normalized spacial score (nSPS) is 25.3. The lowest BCUT2D eigenvalue weighted by molar-refractivity contribution is -0.122. The summed E-state index contributed by atoms with van der Waals surface area (Å²) >= 11 is 0. The van der Waals surface area contributed by atoms with Gasteiger partial charge in [-0.3, -0.25) is 14.8 Å². The highest BCUT2D eigenvalue weighted by molar-refractivity contribution is 5.83.